The van der Waals surface area contributed by atoms with Gasteiger partial charge in [0.1, 0.15) is 12.2 Å². The van der Waals surface area contributed by atoms with Crippen LogP contribution in [0.2, 0.25) is 0 Å². The normalized spacial score (nSPS) is 9.81. The average molecular weight is 224 g/mol. The minimum Gasteiger partial charge on any atom is -0.467 e. The molecule has 0 spiro atoms. The summed E-state index contributed by atoms with van der Waals surface area (Å²) in [4.78, 5) is 22.5. The first-order chi connectivity index (χ1) is 7.72. The third-order valence-electron chi connectivity index (χ3n) is 1.93. The van der Waals surface area contributed by atoms with E-state index in [1.165, 1.54) is 6.26 Å². The zero-order valence-corrected chi connectivity index (χ0v) is 9.29. The fraction of sp³-hybridized carbons (Fsp3) is 0.455. The summed E-state index contributed by atoms with van der Waals surface area (Å²) in [5, 5.41) is 5.23. The van der Waals surface area contributed by atoms with Crippen LogP contribution in [-0.2, 0) is 16.1 Å². The fourth-order valence-electron chi connectivity index (χ4n) is 1.13. The van der Waals surface area contributed by atoms with Crippen molar-refractivity contribution in [2.24, 2.45) is 0 Å². The molecule has 1 rings (SSSR count). The van der Waals surface area contributed by atoms with Crippen molar-refractivity contribution >= 4 is 11.8 Å². The molecule has 0 aliphatic rings. The van der Waals surface area contributed by atoms with E-state index >= 15 is 0 Å². The Bertz CT molecular complexity index is 333. The molecule has 2 amide bonds. The van der Waals surface area contributed by atoms with E-state index in [0.29, 0.717) is 18.8 Å². The molecule has 0 atom stereocenters. The maximum atomic E-state index is 11.3. The minimum atomic E-state index is -0.301. The molecule has 0 saturated heterocycles. The average Bonchev–Trinajstić information content (AvgIpc) is 2.76. The number of hydrogen-bond donors (Lipinski definition) is 2. The first kappa shape index (κ1) is 12.3. The second-order valence-electron chi connectivity index (χ2n) is 3.38. The summed E-state index contributed by atoms with van der Waals surface area (Å²) in [5.41, 5.74) is 0. The van der Waals surface area contributed by atoms with Gasteiger partial charge in [0.15, 0.2) is 0 Å². The Morgan fingerprint density at radius 1 is 1.31 bits per heavy atom. The molecule has 0 unspecified atom stereocenters. The Balaban J connectivity index is 2.18. The van der Waals surface area contributed by atoms with E-state index in [2.05, 4.69) is 10.6 Å². The summed E-state index contributed by atoms with van der Waals surface area (Å²) in [7, 11) is 0. The molecule has 16 heavy (non-hydrogen) atoms. The van der Waals surface area contributed by atoms with Crippen molar-refractivity contribution in [3.05, 3.63) is 24.2 Å². The maximum absolute atomic E-state index is 11.3. The number of carbonyl (C=O) groups is 2. The molecular formula is C11H16N2O3. The minimum absolute atomic E-state index is 0.138. The highest BCUT2D eigenvalue weighted by atomic mass is 16.3. The maximum Gasteiger partial charge on any atom is 0.229 e. The van der Waals surface area contributed by atoms with Gasteiger partial charge >= 0.3 is 0 Å². The molecule has 0 bridgehead atoms. The van der Waals surface area contributed by atoms with Crippen LogP contribution in [0.1, 0.15) is 25.5 Å². The van der Waals surface area contributed by atoms with Crippen LogP contribution in [0.5, 0.6) is 0 Å². The van der Waals surface area contributed by atoms with Crippen LogP contribution < -0.4 is 10.6 Å². The first-order valence-corrected chi connectivity index (χ1v) is 5.28. The van der Waals surface area contributed by atoms with E-state index in [4.69, 9.17) is 4.42 Å². The van der Waals surface area contributed by atoms with Crippen molar-refractivity contribution in [2.45, 2.75) is 26.3 Å². The molecule has 0 aliphatic carbocycles. The Hall–Kier alpha value is -1.78. The van der Waals surface area contributed by atoms with Gasteiger partial charge in [-0.1, -0.05) is 6.92 Å². The molecule has 0 radical (unpaired) electrons. The third kappa shape index (κ3) is 4.63. The van der Waals surface area contributed by atoms with Crippen molar-refractivity contribution in [1.29, 1.82) is 0 Å². The molecule has 88 valence electrons. The number of carbonyl (C=O) groups excluding carboxylic acids is 2. The number of hydrogen-bond acceptors (Lipinski definition) is 3. The molecule has 1 aromatic heterocycles. The quantitative estimate of drug-likeness (QED) is 0.702. The lowest BCUT2D eigenvalue weighted by Crippen LogP contribution is -2.31. The van der Waals surface area contributed by atoms with Crippen molar-refractivity contribution < 1.29 is 14.0 Å². The van der Waals surface area contributed by atoms with Gasteiger partial charge in [-0.2, -0.15) is 0 Å². The molecule has 1 heterocycles. The highest BCUT2D eigenvalue weighted by Crippen LogP contribution is 1.98. The van der Waals surface area contributed by atoms with E-state index in [1.807, 2.05) is 6.92 Å². The van der Waals surface area contributed by atoms with Gasteiger partial charge in [-0.15, -0.1) is 0 Å². The van der Waals surface area contributed by atoms with Crippen LogP contribution in [0.25, 0.3) is 0 Å². The van der Waals surface area contributed by atoms with Gasteiger partial charge in [0.25, 0.3) is 0 Å². The Morgan fingerprint density at radius 3 is 2.69 bits per heavy atom. The van der Waals surface area contributed by atoms with Crippen molar-refractivity contribution in [1.82, 2.24) is 10.6 Å². The van der Waals surface area contributed by atoms with Crippen LogP contribution in [0.4, 0.5) is 0 Å². The van der Waals surface area contributed by atoms with Crippen LogP contribution in [0.3, 0.4) is 0 Å². The van der Waals surface area contributed by atoms with Gasteiger partial charge in [-0.3, -0.25) is 9.59 Å². The van der Waals surface area contributed by atoms with Crippen LogP contribution >= 0.6 is 0 Å². The van der Waals surface area contributed by atoms with Gasteiger partial charge in [-0.25, -0.2) is 0 Å². The predicted molar refractivity (Wildman–Crippen MR) is 58.5 cm³/mol. The lowest BCUT2D eigenvalue weighted by molar-refractivity contribution is -0.129. The molecule has 5 nitrogen and oxygen atoms in total. The van der Waals surface area contributed by atoms with Crippen LogP contribution in [-0.4, -0.2) is 18.4 Å². The second kappa shape index (κ2) is 6.66. The smallest absolute Gasteiger partial charge is 0.229 e. The summed E-state index contributed by atoms with van der Waals surface area (Å²) in [6, 6.07) is 3.51. The number of furan rings is 1. The van der Waals surface area contributed by atoms with Crippen molar-refractivity contribution in [3.63, 3.8) is 0 Å². The molecule has 5 heteroatoms. The van der Waals surface area contributed by atoms with Crippen LogP contribution in [0, 0.1) is 0 Å². The van der Waals surface area contributed by atoms with Gasteiger partial charge in [0, 0.05) is 6.54 Å². The molecule has 0 aromatic carbocycles. The molecule has 0 aliphatic heterocycles. The topological polar surface area (TPSA) is 71.3 Å². The Morgan fingerprint density at radius 2 is 2.06 bits per heavy atom. The van der Waals surface area contributed by atoms with Gasteiger partial charge in [0.05, 0.1) is 12.8 Å². The number of amides is 2. The van der Waals surface area contributed by atoms with Gasteiger partial charge in [-0.05, 0) is 18.6 Å². The van der Waals surface area contributed by atoms with E-state index in [-0.39, 0.29) is 18.2 Å². The number of rotatable bonds is 6. The summed E-state index contributed by atoms with van der Waals surface area (Å²) >= 11 is 0. The highest BCUT2D eigenvalue weighted by Gasteiger charge is 2.08. The Kier molecular flexibility index (Phi) is 5.11. The fourth-order valence-corrected chi connectivity index (χ4v) is 1.13. The SMILES string of the molecule is CCCNC(=O)CC(=O)NCc1ccco1. The van der Waals surface area contributed by atoms with E-state index in [0.717, 1.165) is 6.42 Å². The number of nitrogens with one attached hydrogen (secondary N) is 2. The highest BCUT2D eigenvalue weighted by molar-refractivity contribution is 5.96. The standard InChI is InChI=1S/C11H16N2O3/c1-2-5-12-10(14)7-11(15)13-8-9-4-3-6-16-9/h3-4,6H,2,5,7-8H2,1H3,(H,12,14)(H,13,15). The molecule has 0 saturated carbocycles. The molecule has 0 fully saturated rings. The van der Waals surface area contributed by atoms with E-state index in [1.54, 1.807) is 12.1 Å². The van der Waals surface area contributed by atoms with Gasteiger partial charge in [0.2, 0.25) is 11.8 Å². The summed E-state index contributed by atoms with van der Waals surface area (Å²) in [5.74, 6) is 0.117. The Labute approximate surface area is 94.2 Å². The lowest BCUT2D eigenvalue weighted by atomic mass is 10.3. The molecule has 1 aromatic rings. The van der Waals surface area contributed by atoms with Crippen LogP contribution in [0.15, 0.2) is 22.8 Å². The largest absolute Gasteiger partial charge is 0.467 e. The zero-order chi connectivity index (χ0) is 11.8. The van der Waals surface area contributed by atoms with E-state index in [9.17, 15) is 9.59 Å². The third-order valence-corrected chi connectivity index (χ3v) is 1.93. The second-order valence-corrected chi connectivity index (χ2v) is 3.38. The monoisotopic (exact) mass is 224 g/mol. The molecule has 2 N–H and O–H groups in total. The molecular weight excluding hydrogens is 208 g/mol. The first-order valence-electron chi connectivity index (χ1n) is 5.28. The summed E-state index contributed by atoms with van der Waals surface area (Å²) in [6.07, 6.45) is 2.26. The van der Waals surface area contributed by atoms with Crippen molar-refractivity contribution in [2.75, 3.05) is 6.54 Å². The summed E-state index contributed by atoms with van der Waals surface area (Å²) in [6.45, 7) is 2.87. The predicted octanol–water partition coefficient (Wildman–Crippen LogP) is 0.812. The van der Waals surface area contributed by atoms with Crippen molar-refractivity contribution in [3.8, 4) is 0 Å². The zero-order valence-electron chi connectivity index (χ0n) is 9.29. The van der Waals surface area contributed by atoms with Gasteiger partial charge < -0.3 is 15.1 Å². The van der Waals surface area contributed by atoms with E-state index < -0.39 is 0 Å². The lowest BCUT2D eigenvalue weighted by Gasteiger charge is -2.04. The summed E-state index contributed by atoms with van der Waals surface area (Å²) < 4.78 is 5.04.